The maximum atomic E-state index is 14.0. The molecule has 0 bridgehead atoms. The van der Waals surface area contributed by atoms with Crippen molar-refractivity contribution in [1.82, 2.24) is 18.4 Å². The number of rotatable bonds is 8. The number of aromatic nitrogens is 3. The molecule has 2 atom stereocenters. The summed E-state index contributed by atoms with van der Waals surface area (Å²) in [5.41, 5.74) is 5.21. The largest absolute Gasteiger partial charge is 0.350 e. The van der Waals surface area contributed by atoms with Crippen LogP contribution in [0.15, 0.2) is 53.5 Å². The van der Waals surface area contributed by atoms with Crippen LogP contribution in [-0.2, 0) is 18.4 Å². The fourth-order valence-electron chi connectivity index (χ4n) is 5.36. The van der Waals surface area contributed by atoms with Crippen molar-refractivity contribution in [3.05, 3.63) is 70.3 Å². The number of nitrogens with one attached hydrogen (secondary N) is 1. The van der Waals surface area contributed by atoms with Crippen LogP contribution >= 0.6 is 10.7 Å². The summed E-state index contributed by atoms with van der Waals surface area (Å²) in [6.45, 7) is 13.1. The van der Waals surface area contributed by atoms with E-state index in [0.29, 0.717) is 6.54 Å². The standard InChI is InChI=1S/C30H40N4O2S/c1-8-13-23(18-27(35)31-37(9-2)30(4,5)6)34-25-16-11-10-15-24(25)33(29(34)36)20-22-19-32(7)26-17-12-14-21(3)28(22)26/h9-12,14-17,19,23H,8,13,18,20H2,1-7H3,(H,31,35)/t23-,37?/m0/s1. The summed E-state index contributed by atoms with van der Waals surface area (Å²) < 4.78 is 9.03. The lowest BCUT2D eigenvalue weighted by Crippen LogP contribution is -2.32. The maximum absolute atomic E-state index is 14.0. The Morgan fingerprint density at radius 2 is 1.76 bits per heavy atom. The second-order valence-electron chi connectivity index (χ2n) is 10.8. The number of benzene rings is 2. The zero-order valence-electron chi connectivity index (χ0n) is 23.2. The molecule has 2 heterocycles. The Morgan fingerprint density at radius 1 is 1.08 bits per heavy atom. The molecule has 6 nitrogen and oxygen atoms in total. The maximum Gasteiger partial charge on any atom is 0.329 e. The molecular formula is C30H40N4O2S. The van der Waals surface area contributed by atoms with Gasteiger partial charge in [0, 0.05) is 41.4 Å². The van der Waals surface area contributed by atoms with E-state index in [1.165, 1.54) is 10.9 Å². The van der Waals surface area contributed by atoms with E-state index >= 15 is 0 Å². The normalized spacial score (nSPS) is 13.9. The molecule has 0 saturated carbocycles. The SMILES string of the molecule is C/C=S(\NC(=O)C[C@H](CCC)n1c(=O)n(Cc2cn(C)c3cccc(C)c23)c2ccccc21)C(C)(C)C. The molecule has 4 aromatic rings. The van der Waals surface area contributed by atoms with E-state index in [0.717, 1.165) is 35.0 Å². The third kappa shape index (κ3) is 5.33. The summed E-state index contributed by atoms with van der Waals surface area (Å²) in [7, 11) is 1.71. The van der Waals surface area contributed by atoms with Gasteiger partial charge in [-0.1, -0.05) is 48.3 Å². The molecule has 1 amide bonds. The van der Waals surface area contributed by atoms with Crippen LogP contribution < -0.4 is 10.4 Å². The lowest BCUT2D eigenvalue weighted by molar-refractivity contribution is -0.120. The van der Waals surface area contributed by atoms with Gasteiger partial charge in [0.15, 0.2) is 0 Å². The van der Waals surface area contributed by atoms with E-state index in [1.807, 2.05) is 47.4 Å². The van der Waals surface area contributed by atoms with Gasteiger partial charge in [-0.15, -0.1) is 0 Å². The summed E-state index contributed by atoms with van der Waals surface area (Å²) in [5, 5.41) is 3.26. The molecule has 1 N–H and O–H groups in total. The molecule has 198 valence electrons. The Balaban J connectivity index is 1.77. The Bertz CT molecular complexity index is 1530. The Labute approximate surface area is 222 Å². The average molecular weight is 521 g/mol. The molecule has 37 heavy (non-hydrogen) atoms. The number of hydrogen-bond donors (Lipinski definition) is 1. The molecule has 0 aliphatic heterocycles. The van der Waals surface area contributed by atoms with E-state index in [-0.39, 0.29) is 39.5 Å². The molecule has 4 rings (SSSR count). The number of imidazole rings is 1. The van der Waals surface area contributed by atoms with Crippen molar-refractivity contribution in [3.8, 4) is 0 Å². The van der Waals surface area contributed by atoms with Crippen LogP contribution in [0.1, 0.15) is 71.0 Å². The highest BCUT2D eigenvalue weighted by molar-refractivity contribution is 8.14. The molecule has 2 aromatic carbocycles. The molecule has 0 spiro atoms. The number of amides is 1. The van der Waals surface area contributed by atoms with Gasteiger partial charge in [0.05, 0.1) is 17.6 Å². The first-order valence-electron chi connectivity index (χ1n) is 13.1. The Morgan fingerprint density at radius 3 is 2.41 bits per heavy atom. The van der Waals surface area contributed by atoms with Gasteiger partial charge >= 0.3 is 5.69 Å². The second kappa shape index (κ2) is 10.7. The first-order valence-corrected chi connectivity index (χ1v) is 14.4. The first-order chi connectivity index (χ1) is 17.6. The third-order valence-electron chi connectivity index (χ3n) is 7.03. The number of fused-ring (bicyclic) bond motifs is 2. The molecule has 0 aliphatic carbocycles. The van der Waals surface area contributed by atoms with Crippen molar-refractivity contribution in [2.45, 2.75) is 78.1 Å². The number of aryl methyl sites for hydroxylation is 2. The highest BCUT2D eigenvalue weighted by atomic mass is 32.2. The molecule has 2 aromatic heterocycles. The van der Waals surface area contributed by atoms with Gasteiger partial charge < -0.3 is 9.29 Å². The summed E-state index contributed by atoms with van der Waals surface area (Å²) in [6, 6.07) is 14.1. The molecule has 0 saturated heterocycles. The van der Waals surface area contributed by atoms with Crippen molar-refractivity contribution in [3.63, 3.8) is 0 Å². The van der Waals surface area contributed by atoms with Gasteiger partial charge in [-0.2, -0.15) is 0 Å². The molecule has 0 radical (unpaired) electrons. The van der Waals surface area contributed by atoms with E-state index in [2.05, 4.69) is 73.7 Å². The predicted octanol–water partition coefficient (Wildman–Crippen LogP) is 6.30. The fourth-order valence-corrected chi connectivity index (χ4v) is 6.82. The lowest BCUT2D eigenvalue weighted by atomic mass is 10.1. The molecule has 1 unspecified atom stereocenters. The Kier molecular flexibility index (Phi) is 7.83. The van der Waals surface area contributed by atoms with Crippen LogP contribution in [0.25, 0.3) is 21.9 Å². The molecule has 7 heteroatoms. The van der Waals surface area contributed by atoms with Crippen molar-refractivity contribution >= 4 is 43.9 Å². The fraction of sp³-hybridized carbons (Fsp3) is 0.433. The van der Waals surface area contributed by atoms with Crippen molar-refractivity contribution in [1.29, 1.82) is 0 Å². The zero-order valence-corrected chi connectivity index (χ0v) is 24.0. The number of carbonyl (C=O) groups excluding carboxylic acids is 1. The van der Waals surface area contributed by atoms with E-state index in [4.69, 9.17) is 0 Å². The number of para-hydroxylation sites is 2. The van der Waals surface area contributed by atoms with Gasteiger partial charge in [-0.05, 0) is 75.7 Å². The van der Waals surface area contributed by atoms with Crippen molar-refractivity contribution in [2.75, 3.05) is 0 Å². The minimum Gasteiger partial charge on any atom is -0.350 e. The zero-order chi connectivity index (χ0) is 26.9. The predicted molar refractivity (Wildman–Crippen MR) is 159 cm³/mol. The van der Waals surface area contributed by atoms with E-state index < -0.39 is 0 Å². The van der Waals surface area contributed by atoms with Crippen molar-refractivity contribution in [2.24, 2.45) is 7.05 Å². The summed E-state index contributed by atoms with van der Waals surface area (Å²) in [6.07, 6.45) is 4.05. The van der Waals surface area contributed by atoms with Crippen LogP contribution in [0.3, 0.4) is 0 Å². The molecule has 0 fully saturated rings. The number of hydrogen-bond acceptors (Lipinski definition) is 2. The minimum absolute atomic E-state index is 0.0109. The van der Waals surface area contributed by atoms with Crippen molar-refractivity contribution < 1.29 is 4.79 Å². The Hall–Kier alpha value is -3.06. The lowest BCUT2D eigenvalue weighted by Gasteiger charge is -2.26. The highest BCUT2D eigenvalue weighted by Gasteiger charge is 2.25. The van der Waals surface area contributed by atoms with Gasteiger partial charge in [0.2, 0.25) is 5.91 Å². The van der Waals surface area contributed by atoms with Gasteiger partial charge in [0.25, 0.3) is 0 Å². The molecule has 0 aliphatic rings. The van der Waals surface area contributed by atoms with Crippen LogP contribution in [0.5, 0.6) is 0 Å². The first kappa shape index (κ1) is 27.0. The summed E-state index contributed by atoms with van der Waals surface area (Å²) >= 11 is 0. The van der Waals surface area contributed by atoms with Gasteiger partial charge in [0.1, 0.15) is 0 Å². The van der Waals surface area contributed by atoms with Crippen LogP contribution in [-0.4, -0.2) is 29.7 Å². The summed E-state index contributed by atoms with van der Waals surface area (Å²) in [4.78, 5) is 27.2. The smallest absolute Gasteiger partial charge is 0.329 e. The van der Waals surface area contributed by atoms with E-state index in [9.17, 15) is 9.59 Å². The van der Waals surface area contributed by atoms with E-state index in [1.54, 1.807) is 0 Å². The van der Waals surface area contributed by atoms with Crippen LogP contribution in [0, 0.1) is 6.92 Å². The monoisotopic (exact) mass is 520 g/mol. The van der Waals surface area contributed by atoms with Crippen LogP contribution in [0.4, 0.5) is 0 Å². The second-order valence-corrected chi connectivity index (χ2v) is 13.4. The summed E-state index contributed by atoms with van der Waals surface area (Å²) in [5.74, 6) is -0.0109. The minimum atomic E-state index is -0.342. The number of carbonyl (C=O) groups is 1. The quantitative estimate of drug-likeness (QED) is 0.277. The number of nitrogens with zero attached hydrogens (tertiary/aromatic N) is 3. The third-order valence-corrected chi connectivity index (χ3v) is 9.26. The van der Waals surface area contributed by atoms with Gasteiger partial charge in [-0.25, -0.2) is 4.79 Å². The average Bonchev–Trinajstić information content (AvgIpc) is 3.31. The topological polar surface area (TPSA) is 61.0 Å². The van der Waals surface area contributed by atoms with Crippen LogP contribution in [0.2, 0.25) is 0 Å². The van der Waals surface area contributed by atoms with Gasteiger partial charge in [-0.3, -0.25) is 13.9 Å². The molecular weight excluding hydrogens is 480 g/mol. The highest BCUT2D eigenvalue weighted by Crippen LogP contribution is 2.30.